The molecule has 0 aromatic heterocycles. The molecule has 0 bridgehead atoms. The molecule has 25 heavy (non-hydrogen) atoms. The minimum atomic E-state index is -0.594. The fourth-order valence-electron chi connectivity index (χ4n) is 2.82. The average molecular weight is 340 g/mol. The summed E-state index contributed by atoms with van der Waals surface area (Å²) in [5.74, 6) is -1.56. The summed E-state index contributed by atoms with van der Waals surface area (Å²) in [5, 5.41) is 0. The molecule has 3 aromatic carbocycles. The predicted octanol–water partition coefficient (Wildman–Crippen LogP) is 5.90. The van der Waals surface area contributed by atoms with Crippen LogP contribution < -0.4 is 0 Å². The van der Waals surface area contributed by atoms with Gasteiger partial charge in [-0.3, -0.25) is 0 Å². The molecule has 0 nitrogen and oxygen atoms in total. The summed E-state index contributed by atoms with van der Waals surface area (Å²) in [5.41, 5.74) is 3.75. The first kappa shape index (κ1) is 17.3. The highest BCUT2D eigenvalue weighted by atomic mass is 19.1. The van der Waals surface area contributed by atoms with E-state index in [1.807, 2.05) is 31.2 Å². The Hall–Kier alpha value is -2.55. The number of hydrogen-bond donors (Lipinski definition) is 0. The van der Waals surface area contributed by atoms with Crippen molar-refractivity contribution in [1.82, 2.24) is 0 Å². The first-order valence-electron chi connectivity index (χ1n) is 8.20. The molecule has 0 aliphatic heterocycles. The smallest absolute Gasteiger partial charge is 0.129 e. The zero-order valence-corrected chi connectivity index (χ0v) is 14.2. The minimum Gasteiger partial charge on any atom is -0.207 e. The SMILES string of the molecule is Cc1ccc(Cc2cc(F)c(Cc3ccc(C)c(F)c3)c(F)c2)cc1. The van der Waals surface area contributed by atoms with Crippen molar-refractivity contribution in [2.24, 2.45) is 0 Å². The lowest BCUT2D eigenvalue weighted by molar-refractivity contribution is 0.558. The molecule has 0 unspecified atom stereocenters. The molecule has 0 saturated carbocycles. The van der Waals surface area contributed by atoms with Gasteiger partial charge in [0.05, 0.1) is 0 Å². The molecule has 0 N–H and O–H groups in total. The van der Waals surface area contributed by atoms with E-state index in [2.05, 4.69) is 0 Å². The van der Waals surface area contributed by atoms with Crippen LogP contribution in [0.2, 0.25) is 0 Å². The molecule has 0 amide bonds. The molecule has 0 saturated heterocycles. The molecule has 3 heteroatoms. The number of halogens is 3. The van der Waals surface area contributed by atoms with Gasteiger partial charge in [-0.15, -0.1) is 0 Å². The van der Waals surface area contributed by atoms with Crippen molar-refractivity contribution in [3.05, 3.63) is 105 Å². The molecule has 3 rings (SSSR count). The van der Waals surface area contributed by atoms with E-state index >= 15 is 0 Å². The van der Waals surface area contributed by atoms with Crippen LogP contribution in [0.4, 0.5) is 13.2 Å². The number of rotatable bonds is 4. The Labute approximate surface area is 146 Å². The van der Waals surface area contributed by atoms with Gasteiger partial charge in [-0.05, 0) is 60.7 Å². The maximum Gasteiger partial charge on any atom is 0.129 e. The molecular formula is C22H19F3. The summed E-state index contributed by atoms with van der Waals surface area (Å²) in [6.45, 7) is 3.64. The Morgan fingerprint density at radius 1 is 0.600 bits per heavy atom. The summed E-state index contributed by atoms with van der Waals surface area (Å²) in [7, 11) is 0. The second-order valence-electron chi connectivity index (χ2n) is 6.46. The van der Waals surface area contributed by atoms with Crippen LogP contribution in [0.1, 0.15) is 33.4 Å². The lowest BCUT2D eigenvalue weighted by Crippen LogP contribution is -2.01. The average Bonchev–Trinajstić information content (AvgIpc) is 2.56. The van der Waals surface area contributed by atoms with Gasteiger partial charge in [0.1, 0.15) is 17.5 Å². The maximum atomic E-state index is 14.4. The fourth-order valence-corrected chi connectivity index (χ4v) is 2.82. The van der Waals surface area contributed by atoms with E-state index in [0.717, 1.165) is 11.1 Å². The Bertz CT molecular complexity index is 873. The normalized spacial score (nSPS) is 10.9. The molecular weight excluding hydrogens is 321 g/mol. The highest BCUT2D eigenvalue weighted by molar-refractivity contribution is 5.35. The van der Waals surface area contributed by atoms with E-state index in [0.29, 0.717) is 23.1 Å². The van der Waals surface area contributed by atoms with Crippen LogP contribution in [-0.2, 0) is 12.8 Å². The van der Waals surface area contributed by atoms with Crippen LogP contribution >= 0.6 is 0 Å². The summed E-state index contributed by atoms with van der Waals surface area (Å²) < 4.78 is 42.4. The van der Waals surface area contributed by atoms with Crippen LogP contribution in [0.15, 0.2) is 54.6 Å². The van der Waals surface area contributed by atoms with E-state index in [1.54, 1.807) is 19.1 Å². The second-order valence-corrected chi connectivity index (χ2v) is 6.46. The summed E-state index contributed by atoms with van der Waals surface area (Å²) in [4.78, 5) is 0. The number of hydrogen-bond acceptors (Lipinski definition) is 0. The van der Waals surface area contributed by atoms with Crippen molar-refractivity contribution in [3.63, 3.8) is 0 Å². The summed E-state index contributed by atoms with van der Waals surface area (Å²) in [6.07, 6.45) is 0.493. The molecule has 0 heterocycles. The topological polar surface area (TPSA) is 0 Å². The van der Waals surface area contributed by atoms with E-state index in [4.69, 9.17) is 0 Å². The number of aryl methyl sites for hydroxylation is 2. The van der Waals surface area contributed by atoms with E-state index < -0.39 is 11.6 Å². The third-order valence-electron chi connectivity index (χ3n) is 4.35. The van der Waals surface area contributed by atoms with Gasteiger partial charge in [0, 0.05) is 12.0 Å². The molecule has 0 atom stereocenters. The number of benzene rings is 3. The highest BCUT2D eigenvalue weighted by Gasteiger charge is 2.13. The second kappa shape index (κ2) is 7.14. The van der Waals surface area contributed by atoms with E-state index in [-0.39, 0.29) is 17.8 Å². The third-order valence-corrected chi connectivity index (χ3v) is 4.35. The van der Waals surface area contributed by atoms with Crippen LogP contribution in [0.3, 0.4) is 0 Å². The van der Waals surface area contributed by atoms with Crippen molar-refractivity contribution in [3.8, 4) is 0 Å². The summed E-state index contributed by atoms with van der Waals surface area (Å²) in [6, 6.07) is 15.2. The van der Waals surface area contributed by atoms with Gasteiger partial charge >= 0.3 is 0 Å². The Morgan fingerprint density at radius 3 is 1.76 bits per heavy atom. The van der Waals surface area contributed by atoms with Gasteiger partial charge in [0.2, 0.25) is 0 Å². The Morgan fingerprint density at radius 2 is 1.16 bits per heavy atom. The van der Waals surface area contributed by atoms with Crippen molar-refractivity contribution in [2.75, 3.05) is 0 Å². The van der Waals surface area contributed by atoms with Crippen molar-refractivity contribution < 1.29 is 13.2 Å². The van der Waals surface area contributed by atoms with Crippen LogP contribution in [-0.4, -0.2) is 0 Å². The van der Waals surface area contributed by atoms with Gasteiger partial charge in [0.25, 0.3) is 0 Å². The van der Waals surface area contributed by atoms with Crippen molar-refractivity contribution in [2.45, 2.75) is 26.7 Å². The monoisotopic (exact) mass is 340 g/mol. The zero-order valence-electron chi connectivity index (χ0n) is 14.2. The molecule has 0 aliphatic carbocycles. The lowest BCUT2D eigenvalue weighted by Gasteiger charge is -2.10. The molecule has 0 radical (unpaired) electrons. The van der Waals surface area contributed by atoms with Gasteiger partial charge in [-0.2, -0.15) is 0 Å². The van der Waals surface area contributed by atoms with Gasteiger partial charge < -0.3 is 0 Å². The van der Waals surface area contributed by atoms with Gasteiger partial charge in [0.15, 0.2) is 0 Å². The highest BCUT2D eigenvalue weighted by Crippen LogP contribution is 2.22. The minimum absolute atomic E-state index is 0.0275. The first-order valence-corrected chi connectivity index (χ1v) is 8.20. The predicted molar refractivity (Wildman–Crippen MR) is 94.3 cm³/mol. The molecule has 128 valence electrons. The van der Waals surface area contributed by atoms with E-state index in [1.165, 1.54) is 18.2 Å². The molecule has 0 aliphatic rings. The lowest BCUT2D eigenvalue weighted by atomic mass is 9.98. The third kappa shape index (κ3) is 4.11. The van der Waals surface area contributed by atoms with Gasteiger partial charge in [-0.1, -0.05) is 42.0 Å². The zero-order chi connectivity index (χ0) is 18.0. The largest absolute Gasteiger partial charge is 0.207 e. The van der Waals surface area contributed by atoms with Crippen LogP contribution in [0.25, 0.3) is 0 Å². The van der Waals surface area contributed by atoms with Crippen LogP contribution in [0, 0.1) is 31.3 Å². The Kier molecular flexibility index (Phi) is 4.93. The van der Waals surface area contributed by atoms with Crippen molar-refractivity contribution in [1.29, 1.82) is 0 Å². The van der Waals surface area contributed by atoms with Crippen molar-refractivity contribution >= 4 is 0 Å². The fraction of sp³-hybridized carbons (Fsp3) is 0.182. The standard InChI is InChI=1S/C22H19F3/c1-14-3-6-16(7-4-14)9-18-12-21(24)19(22(25)13-18)10-17-8-5-15(2)20(23)11-17/h3-8,11-13H,9-10H2,1-2H3. The van der Waals surface area contributed by atoms with Crippen LogP contribution in [0.5, 0.6) is 0 Å². The summed E-state index contributed by atoms with van der Waals surface area (Å²) >= 11 is 0. The maximum absolute atomic E-state index is 14.4. The first-order chi connectivity index (χ1) is 11.9. The van der Waals surface area contributed by atoms with E-state index in [9.17, 15) is 13.2 Å². The molecule has 0 spiro atoms. The molecule has 0 fully saturated rings. The Balaban J connectivity index is 1.84. The van der Waals surface area contributed by atoms with Gasteiger partial charge in [-0.25, -0.2) is 13.2 Å². The quantitative estimate of drug-likeness (QED) is 0.554. The molecule has 3 aromatic rings.